The fraction of sp³-hybridized carbons (Fsp3) is 1.00. The van der Waals surface area contributed by atoms with Crippen LogP contribution in [0.25, 0.3) is 0 Å². The molecule has 0 aromatic rings. The summed E-state index contributed by atoms with van der Waals surface area (Å²) < 4.78 is 5.61. The molecule has 1 aliphatic carbocycles. The summed E-state index contributed by atoms with van der Waals surface area (Å²) in [6.45, 7) is 1.02. The van der Waals surface area contributed by atoms with Crippen LogP contribution in [0.2, 0.25) is 0 Å². The van der Waals surface area contributed by atoms with Crippen LogP contribution < -0.4 is 22.5 Å². The van der Waals surface area contributed by atoms with Crippen molar-refractivity contribution in [2.75, 3.05) is 19.7 Å². The highest BCUT2D eigenvalue weighted by Gasteiger charge is 2.57. The van der Waals surface area contributed by atoms with Crippen molar-refractivity contribution in [2.45, 2.75) is 80.2 Å². The van der Waals surface area contributed by atoms with Crippen molar-refractivity contribution in [3.8, 4) is 0 Å². The maximum Gasteiger partial charge on any atom is 0.114 e. The van der Waals surface area contributed by atoms with Gasteiger partial charge in [0.1, 0.15) is 17.8 Å². The summed E-state index contributed by atoms with van der Waals surface area (Å²) in [5.74, 6) is 0. The molecule has 1 saturated carbocycles. The molecule has 9 heteroatoms. The van der Waals surface area contributed by atoms with E-state index in [4.69, 9.17) is 21.9 Å². The maximum atomic E-state index is 10.6. The van der Waals surface area contributed by atoms with Crippen LogP contribution in [-0.2, 0) is 4.74 Å². The van der Waals surface area contributed by atoms with Gasteiger partial charge in [-0.3, -0.25) is 0 Å². The van der Waals surface area contributed by atoms with E-state index < -0.39 is 42.1 Å². The molecule has 9 nitrogen and oxygen atoms in total. The van der Waals surface area contributed by atoms with E-state index >= 15 is 0 Å². The number of aliphatic hydroxyl groups excluding tert-OH is 4. The van der Waals surface area contributed by atoms with Gasteiger partial charge in [0.05, 0.1) is 18.8 Å². The zero-order chi connectivity index (χ0) is 18.6. The minimum absolute atomic E-state index is 0.0150. The monoisotopic (exact) mass is 362 g/mol. The van der Waals surface area contributed by atoms with Crippen molar-refractivity contribution >= 4 is 0 Å². The molecular weight excluding hydrogens is 328 g/mol. The molecule has 0 aromatic heterocycles. The number of nitrogens with two attached hydrogens (primary N) is 3. The average molecular weight is 362 g/mol. The molecule has 11 N–H and O–H groups in total. The normalized spacial score (nSPS) is 43.3. The van der Waals surface area contributed by atoms with Gasteiger partial charge in [-0.15, -0.1) is 0 Å². The van der Waals surface area contributed by atoms with Gasteiger partial charge in [0.2, 0.25) is 0 Å². The van der Waals surface area contributed by atoms with Crippen molar-refractivity contribution in [1.29, 1.82) is 0 Å². The fourth-order valence-corrected chi connectivity index (χ4v) is 3.84. The van der Waals surface area contributed by atoms with E-state index in [0.717, 1.165) is 19.3 Å². The minimum atomic E-state index is -1.26. The molecule has 2 aliphatic rings. The van der Waals surface area contributed by atoms with E-state index in [0.29, 0.717) is 19.5 Å². The molecule has 1 saturated heterocycles. The van der Waals surface area contributed by atoms with Gasteiger partial charge in [0.25, 0.3) is 0 Å². The third-order valence-electron chi connectivity index (χ3n) is 5.54. The van der Waals surface area contributed by atoms with Gasteiger partial charge in [0.15, 0.2) is 0 Å². The molecule has 0 aromatic carbocycles. The molecule has 2 rings (SSSR count). The van der Waals surface area contributed by atoms with Gasteiger partial charge in [0, 0.05) is 31.1 Å². The van der Waals surface area contributed by atoms with E-state index in [9.17, 15) is 20.4 Å². The summed E-state index contributed by atoms with van der Waals surface area (Å²) in [5.41, 5.74) is 16.5. The topological polar surface area (TPSA) is 180 Å². The highest BCUT2D eigenvalue weighted by Crippen LogP contribution is 2.38. The standard InChI is InChI=1S/C16H34N4O5/c17-4-2-1-3-9(18)7-20-10-5-13(19)16(15(24)14(10)23)6-11(21)12(22)8-25-16/h9-15,20-24H,1-8,17-19H2/t9-,10+,11-,12+,13-,14-,15+,16-/m0/s1. The third-order valence-corrected chi connectivity index (χ3v) is 5.54. The van der Waals surface area contributed by atoms with Crippen molar-refractivity contribution in [1.82, 2.24) is 5.32 Å². The molecule has 0 radical (unpaired) electrons. The lowest BCUT2D eigenvalue weighted by molar-refractivity contribution is -0.249. The van der Waals surface area contributed by atoms with E-state index in [-0.39, 0.29) is 19.1 Å². The predicted molar refractivity (Wildman–Crippen MR) is 92.6 cm³/mol. The van der Waals surface area contributed by atoms with Gasteiger partial charge in [-0.05, 0) is 25.8 Å². The third kappa shape index (κ3) is 4.68. The molecule has 0 bridgehead atoms. The van der Waals surface area contributed by atoms with Gasteiger partial charge >= 0.3 is 0 Å². The Morgan fingerprint density at radius 3 is 2.52 bits per heavy atom. The first-order valence-corrected chi connectivity index (χ1v) is 9.12. The van der Waals surface area contributed by atoms with E-state index in [1.54, 1.807) is 0 Å². The zero-order valence-electron chi connectivity index (χ0n) is 14.6. The summed E-state index contributed by atoms with van der Waals surface area (Å²) in [6.07, 6.45) is -1.34. The Morgan fingerprint density at radius 1 is 1.16 bits per heavy atom. The molecule has 1 heterocycles. The van der Waals surface area contributed by atoms with Crippen molar-refractivity contribution in [3.63, 3.8) is 0 Å². The number of hydrogen-bond acceptors (Lipinski definition) is 9. The Bertz CT molecular complexity index is 418. The lowest BCUT2D eigenvalue weighted by Crippen LogP contribution is -2.73. The van der Waals surface area contributed by atoms with Crippen LogP contribution in [0.15, 0.2) is 0 Å². The number of unbranched alkanes of at least 4 members (excludes halogenated alkanes) is 1. The molecule has 2 fully saturated rings. The first-order chi connectivity index (χ1) is 11.8. The molecular formula is C16H34N4O5. The van der Waals surface area contributed by atoms with Crippen LogP contribution in [0.5, 0.6) is 0 Å². The van der Waals surface area contributed by atoms with Gasteiger partial charge in [-0.1, -0.05) is 6.42 Å². The molecule has 0 amide bonds. The Hall–Kier alpha value is -0.360. The molecule has 148 valence electrons. The summed E-state index contributed by atoms with van der Waals surface area (Å²) in [7, 11) is 0. The number of nitrogens with one attached hydrogen (secondary N) is 1. The molecule has 1 aliphatic heterocycles. The first kappa shape index (κ1) is 20.9. The van der Waals surface area contributed by atoms with Gasteiger partial charge < -0.3 is 47.7 Å². The van der Waals surface area contributed by atoms with Gasteiger partial charge in [-0.25, -0.2) is 0 Å². The number of hydrogen-bond donors (Lipinski definition) is 8. The maximum absolute atomic E-state index is 10.6. The van der Waals surface area contributed by atoms with Crippen molar-refractivity contribution in [2.24, 2.45) is 17.2 Å². The second-order valence-corrected chi connectivity index (χ2v) is 7.44. The largest absolute Gasteiger partial charge is 0.390 e. The van der Waals surface area contributed by atoms with E-state index in [1.807, 2.05) is 0 Å². The summed E-state index contributed by atoms with van der Waals surface area (Å²) >= 11 is 0. The number of aliphatic hydroxyl groups is 4. The first-order valence-electron chi connectivity index (χ1n) is 9.12. The van der Waals surface area contributed by atoms with E-state index in [1.165, 1.54) is 0 Å². The number of rotatable bonds is 7. The van der Waals surface area contributed by atoms with Crippen LogP contribution in [0.4, 0.5) is 0 Å². The molecule has 25 heavy (non-hydrogen) atoms. The van der Waals surface area contributed by atoms with Crippen LogP contribution >= 0.6 is 0 Å². The van der Waals surface area contributed by atoms with Crippen LogP contribution in [0.1, 0.15) is 32.1 Å². The van der Waals surface area contributed by atoms with Crippen molar-refractivity contribution in [3.05, 3.63) is 0 Å². The minimum Gasteiger partial charge on any atom is -0.390 e. The lowest BCUT2D eigenvalue weighted by Gasteiger charge is -2.53. The van der Waals surface area contributed by atoms with E-state index in [2.05, 4.69) is 5.32 Å². The molecule has 1 spiro atoms. The second kappa shape index (κ2) is 9.03. The molecule has 8 atom stereocenters. The second-order valence-electron chi connectivity index (χ2n) is 7.44. The zero-order valence-corrected chi connectivity index (χ0v) is 14.6. The average Bonchev–Trinajstić information content (AvgIpc) is 2.58. The number of ether oxygens (including phenoxy) is 1. The van der Waals surface area contributed by atoms with Crippen LogP contribution in [0.3, 0.4) is 0 Å². The smallest absolute Gasteiger partial charge is 0.114 e. The summed E-state index contributed by atoms with van der Waals surface area (Å²) in [6, 6.07) is -1.06. The highest BCUT2D eigenvalue weighted by molar-refractivity contribution is 5.11. The summed E-state index contributed by atoms with van der Waals surface area (Å²) in [5, 5.41) is 43.9. The van der Waals surface area contributed by atoms with Gasteiger partial charge in [-0.2, -0.15) is 0 Å². The quantitative estimate of drug-likeness (QED) is 0.216. The highest BCUT2D eigenvalue weighted by atomic mass is 16.5. The SMILES string of the molecule is NCCCC[C@H](N)CN[C@@H]1C[C@H](N)[C@@]2(C[C@H](O)[C@H](O)CO2)[C@H](O)[C@H]1O. The molecule has 0 unspecified atom stereocenters. The summed E-state index contributed by atoms with van der Waals surface area (Å²) in [4.78, 5) is 0. The van der Waals surface area contributed by atoms with Crippen molar-refractivity contribution < 1.29 is 25.2 Å². The van der Waals surface area contributed by atoms with Crippen LogP contribution in [0, 0.1) is 0 Å². The Labute approximate surface area is 148 Å². The predicted octanol–water partition coefficient (Wildman–Crippen LogP) is -3.27. The Morgan fingerprint density at radius 2 is 1.88 bits per heavy atom. The Kier molecular flexibility index (Phi) is 7.56. The van der Waals surface area contributed by atoms with Crippen LogP contribution in [-0.4, -0.2) is 88.3 Å². The Balaban J connectivity index is 1.91. The fourth-order valence-electron chi connectivity index (χ4n) is 3.84. The lowest BCUT2D eigenvalue weighted by atomic mass is 9.70.